The summed E-state index contributed by atoms with van der Waals surface area (Å²) in [5, 5.41) is 0. The number of allylic oxidation sites excluding steroid dienone is 8. The molecule has 440 valence electrons. The van der Waals surface area contributed by atoms with Gasteiger partial charge in [0.25, 0.3) is 0 Å². The number of quaternary nitrogens is 1. The highest BCUT2D eigenvalue weighted by molar-refractivity contribution is 7.47. The summed E-state index contributed by atoms with van der Waals surface area (Å²) in [5.41, 5.74) is 0. The van der Waals surface area contributed by atoms with E-state index in [4.69, 9.17) is 18.5 Å². The standard InChI is InChI=1S/C65H122NO8P/c1-6-8-10-12-14-16-18-20-22-23-24-25-26-27-28-29-30-31-32-33-34-35-36-37-38-39-40-41-42-43-44-46-48-50-52-54-56-58-65(68)74-63(62-73-75(69,70)72-60-59-66(3,4)5)61-71-64(67)57-55-53-51-49-47-45-21-19-17-15-13-11-9-7-2/h13,15,18-21,23-24,63H,6-12,14,16-17,22,25-62H2,1-5H3/p+1/b15-13-,20-18-,21-19-,24-23-. The molecule has 0 rings (SSSR count). The van der Waals surface area contributed by atoms with E-state index < -0.39 is 26.5 Å². The van der Waals surface area contributed by atoms with E-state index in [1.165, 1.54) is 205 Å². The van der Waals surface area contributed by atoms with Crippen molar-refractivity contribution in [3.63, 3.8) is 0 Å². The summed E-state index contributed by atoms with van der Waals surface area (Å²) >= 11 is 0. The number of rotatable bonds is 59. The largest absolute Gasteiger partial charge is 0.472 e. The van der Waals surface area contributed by atoms with Crippen molar-refractivity contribution in [3.05, 3.63) is 48.6 Å². The summed E-state index contributed by atoms with van der Waals surface area (Å²) in [6, 6.07) is 0. The molecule has 0 aromatic rings. The molecule has 1 N–H and O–H groups in total. The number of esters is 2. The predicted molar refractivity (Wildman–Crippen MR) is 321 cm³/mol. The maximum Gasteiger partial charge on any atom is 0.472 e. The summed E-state index contributed by atoms with van der Waals surface area (Å²) in [5.74, 6) is -0.803. The highest BCUT2D eigenvalue weighted by Crippen LogP contribution is 2.43. The second-order valence-corrected chi connectivity index (χ2v) is 24.2. The Bertz CT molecular complexity index is 1410. The van der Waals surface area contributed by atoms with Crippen LogP contribution in [-0.4, -0.2) is 74.9 Å². The topological polar surface area (TPSA) is 108 Å². The molecule has 0 aliphatic heterocycles. The van der Waals surface area contributed by atoms with Gasteiger partial charge in [-0.1, -0.05) is 268 Å². The van der Waals surface area contributed by atoms with Crippen molar-refractivity contribution < 1.29 is 42.1 Å². The van der Waals surface area contributed by atoms with E-state index in [9.17, 15) is 19.0 Å². The van der Waals surface area contributed by atoms with Crippen LogP contribution < -0.4 is 0 Å². The Balaban J connectivity index is 3.92. The van der Waals surface area contributed by atoms with Crippen LogP contribution in [0.1, 0.15) is 303 Å². The Hall–Kier alpha value is -2.03. The second-order valence-electron chi connectivity index (χ2n) is 22.8. The van der Waals surface area contributed by atoms with Gasteiger partial charge in [0.1, 0.15) is 19.8 Å². The molecule has 0 bridgehead atoms. The van der Waals surface area contributed by atoms with E-state index in [0.29, 0.717) is 17.4 Å². The number of unbranched alkanes of at least 4 members (excludes halogenated alkanes) is 37. The zero-order valence-electron chi connectivity index (χ0n) is 50.0. The summed E-state index contributed by atoms with van der Waals surface area (Å²) in [6.45, 7) is 4.40. The van der Waals surface area contributed by atoms with Crippen molar-refractivity contribution in [2.24, 2.45) is 0 Å². The van der Waals surface area contributed by atoms with E-state index in [2.05, 4.69) is 62.5 Å². The molecule has 2 atom stereocenters. The summed E-state index contributed by atoms with van der Waals surface area (Å²) in [6.07, 6.45) is 72.2. The van der Waals surface area contributed by atoms with Gasteiger partial charge in [-0.05, 0) is 70.6 Å². The molecular weight excluding hydrogens is 954 g/mol. The predicted octanol–water partition coefficient (Wildman–Crippen LogP) is 20.1. The molecule has 9 nitrogen and oxygen atoms in total. The molecule has 0 heterocycles. The van der Waals surface area contributed by atoms with E-state index in [-0.39, 0.29) is 32.0 Å². The Kier molecular flexibility index (Phi) is 55.1. The number of carbonyl (C=O) groups is 2. The maximum absolute atomic E-state index is 12.8. The molecule has 0 saturated carbocycles. The maximum atomic E-state index is 12.8. The van der Waals surface area contributed by atoms with E-state index in [0.717, 1.165) is 64.2 Å². The Morgan fingerprint density at radius 2 is 0.733 bits per heavy atom. The first-order valence-electron chi connectivity index (χ1n) is 31.9. The lowest BCUT2D eigenvalue weighted by molar-refractivity contribution is -0.870. The van der Waals surface area contributed by atoms with E-state index in [1.54, 1.807) is 0 Å². The molecule has 0 aliphatic carbocycles. The van der Waals surface area contributed by atoms with Crippen molar-refractivity contribution in [2.45, 2.75) is 309 Å². The van der Waals surface area contributed by atoms with Gasteiger partial charge in [-0.2, -0.15) is 0 Å². The lowest BCUT2D eigenvalue weighted by Crippen LogP contribution is -2.37. The van der Waals surface area contributed by atoms with Gasteiger partial charge >= 0.3 is 19.8 Å². The third-order valence-electron chi connectivity index (χ3n) is 14.1. The zero-order chi connectivity index (χ0) is 54.9. The number of phosphoric acid groups is 1. The minimum atomic E-state index is -4.39. The molecule has 10 heteroatoms. The molecular formula is C65H123NO8P+. The lowest BCUT2D eigenvalue weighted by atomic mass is 10.0. The average molecular weight is 1080 g/mol. The molecule has 0 amide bonds. The molecule has 0 saturated heterocycles. The highest BCUT2D eigenvalue weighted by Gasteiger charge is 2.27. The smallest absolute Gasteiger partial charge is 0.462 e. The first kappa shape index (κ1) is 73.0. The number of ether oxygens (including phenoxy) is 2. The number of hydrogen-bond donors (Lipinski definition) is 1. The third kappa shape index (κ3) is 61.1. The number of hydrogen-bond acceptors (Lipinski definition) is 7. The van der Waals surface area contributed by atoms with Gasteiger partial charge in [0.05, 0.1) is 27.7 Å². The minimum Gasteiger partial charge on any atom is -0.462 e. The van der Waals surface area contributed by atoms with Gasteiger partial charge in [0.2, 0.25) is 0 Å². The fourth-order valence-corrected chi connectivity index (χ4v) is 9.87. The third-order valence-corrected chi connectivity index (χ3v) is 15.1. The summed E-state index contributed by atoms with van der Waals surface area (Å²) in [4.78, 5) is 35.6. The van der Waals surface area contributed by atoms with Crippen LogP contribution in [-0.2, 0) is 32.7 Å². The second kappa shape index (κ2) is 56.7. The summed E-state index contributed by atoms with van der Waals surface area (Å²) < 4.78 is 34.5. The first-order chi connectivity index (χ1) is 36.5. The zero-order valence-corrected chi connectivity index (χ0v) is 50.9. The van der Waals surface area contributed by atoms with Crippen LogP contribution in [0.5, 0.6) is 0 Å². The average Bonchev–Trinajstić information content (AvgIpc) is 3.37. The van der Waals surface area contributed by atoms with Crippen LogP contribution in [0.25, 0.3) is 0 Å². The van der Waals surface area contributed by atoms with Gasteiger partial charge in [0.15, 0.2) is 6.10 Å². The number of phosphoric ester groups is 1. The number of likely N-dealkylation sites (N-methyl/N-ethyl adjacent to an activating group) is 1. The van der Waals surface area contributed by atoms with Crippen molar-refractivity contribution in [1.82, 2.24) is 0 Å². The van der Waals surface area contributed by atoms with E-state index in [1.807, 2.05) is 21.1 Å². The van der Waals surface area contributed by atoms with Crippen molar-refractivity contribution in [2.75, 3.05) is 47.5 Å². The van der Waals surface area contributed by atoms with Gasteiger partial charge in [-0.3, -0.25) is 18.6 Å². The first-order valence-corrected chi connectivity index (χ1v) is 33.4. The minimum absolute atomic E-state index is 0.0303. The van der Waals surface area contributed by atoms with Crippen LogP contribution in [0.3, 0.4) is 0 Å². The highest BCUT2D eigenvalue weighted by atomic mass is 31.2. The molecule has 75 heavy (non-hydrogen) atoms. The molecule has 0 fully saturated rings. The quantitative estimate of drug-likeness (QED) is 0.0211. The molecule has 0 aromatic carbocycles. The van der Waals surface area contributed by atoms with E-state index >= 15 is 0 Å². The van der Waals surface area contributed by atoms with Crippen molar-refractivity contribution in [3.8, 4) is 0 Å². The van der Waals surface area contributed by atoms with Crippen molar-refractivity contribution >= 4 is 19.8 Å². The van der Waals surface area contributed by atoms with Crippen molar-refractivity contribution in [1.29, 1.82) is 0 Å². The molecule has 0 aliphatic rings. The van der Waals surface area contributed by atoms with Gasteiger partial charge in [-0.25, -0.2) is 4.57 Å². The Labute approximate surface area is 464 Å². The Morgan fingerprint density at radius 1 is 0.413 bits per heavy atom. The number of carbonyl (C=O) groups excluding carboxylic acids is 2. The summed E-state index contributed by atoms with van der Waals surface area (Å²) in [7, 11) is 1.48. The Morgan fingerprint density at radius 3 is 1.09 bits per heavy atom. The molecule has 0 radical (unpaired) electrons. The SMILES string of the molecule is CCCC/C=C\C/C=C\CCCCCCCC(=O)OCC(COP(=O)(O)OCC[N+](C)(C)C)OC(=O)CCCCCCCCCCCCCCCCCCCCCCCCCCC/C=C\C/C=C\CCCCCCC. The van der Waals surface area contributed by atoms with Crippen LogP contribution in [0.4, 0.5) is 0 Å². The molecule has 2 unspecified atom stereocenters. The van der Waals surface area contributed by atoms with Gasteiger partial charge in [-0.15, -0.1) is 0 Å². The molecule has 0 aromatic heterocycles. The monoisotopic (exact) mass is 1080 g/mol. The van der Waals surface area contributed by atoms with Crippen LogP contribution in [0.2, 0.25) is 0 Å². The van der Waals surface area contributed by atoms with Crippen LogP contribution >= 0.6 is 7.82 Å². The fraction of sp³-hybridized carbons (Fsp3) is 0.846. The van der Waals surface area contributed by atoms with Gasteiger partial charge in [0, 0.05) is 12.8 Å². The fourth-order valence-electron chi connectivity index (χ4n) is 9.12. The van der Waals surface area contributed by atoms with Crippen LogP contribution in [0.15, 0.2) is 48.6 Å². The number of nitrogens with zero attached hydrogens (tertiary/aromatic N) is 1. The van der Waals surface area contributed by atoms with Crippen LogP contribution in [0, 0.1) is 0 Å². The molecule has 0 spiro atoms. The van der Waals surface area contributed by atoms with Gasteiger partial charge < -0.3 is 18.9 Å². The lowest BCUT2D eigenvalue weighted by Gasteiger charge is -2.24. The normalized spacial score (nSPS) is 13.5.